The van der Waals surface area contributed by atoms with Gasteiger partial charge in [0.25, 0.3) is 0 Å². The van der Waals surface area contributed by atoms with E-state index in [0.29, 0.717) is 28.6 Å². The number of benzene rings is 9. The van der Waals surface area contributed by atoms with Crippen molar-refractivity contribution in [1.82, 2.24) is 19.5 Å². The van der Waals surface area contributed by atoms with Crippen molar-refractivity contribution in [3.8, 4) is 73.2 Å². The summed E-state index contributed by atoms with van der Waals surface area (Å²) in [6, 6.07) is 47.7. The first kappa shape index (κ1) is 27.0. The Kier molecular flexibility index (Phi) is 6.49. The highest BCUT2D eigenvalue weighted by molar-refractivity contribution is 7.26. The lowest BCUT2D eigenvalue weighted by Gasteiger charge is -2.15. The molecule has 0 radical (unpaired) electrons. The molecule has 0 atom stereocenters. The Balaban J connectivity index is 1.02. The minimum Gasteiger partial charge on any atom is -0.309 e. The van der Waals surface area contributed by atoms with Gasteiger partial charge in [-0.25, -0.2) is 15.0 Å². The van der Waals surface area contributed by atoms with E-state index >= 15 is 0 Å². The molecular weight excluding hydrogens is 773 g/mol. The smallest absolute Gasteiger partial charge is 0.166 e. The van der Waals surface area contributed by atoms with Crippen LogP contribution in [0.15, 0.2) is 218 Å². The fraction of sp³-hybridized carbons (Fsp3) is 0. The molecule has 0 aliphatic heterocycles. The third-order valence-corrected chi connectivity index (χ3v) is 12.5. The van der Waals surface area contributed by atoms with Crippen molar-refractivity contribution in [2.75, 3.05) is 0 Å². The third kappa shape index (κ3) is 6.09. The summed E-state index contributed by atoms with van der Waals surface area (Å²) < 4.78 is 88.7. The molecule has 5 heteroatoms. The molecular formula is C57H36N4S. The van der Waals surface area contributed by atoms with E-state index in [1.165, 1.54) is 11.3 Å². The Morgan fingerprint density at radius 2 is 0.903 bits per heavy atom. The van der Waals surface area contributed by atoms with Crippen LogP contribution < -0.4 is 0 Å². The van der Waals surface area contributed by atoms with Gasteiger partial charge in [-0.15, -0.1) is 11.3 Å². The van der Waals surface area contributed by atoms with Crippen LogP contribution in [0, 0.1) is 0 Å². The number of rotatable bonds is 7. The lowest BCUT2D eigenvalue weighted by atomic mass is 9.99. The van der Waals surface area contributed by atoms with Gasteiger partial charge in [-0.2, -0.15) is 0 Å². The molecule has 12 rings (SSSR count). The maximum Gasteiger partial charge on any atom is 0.166 e. The van der Waals surface area contributed by atoms with Crippen LogP contribution in [0.2, 0.25) is 0 Å². The van der Waals surface area contributed by atoms with E-state index in [9.17, 15) is 0 Å². The maximum absolute atomic E-state index is 8.77. The Bertz CT molecular complexity index is 4190. The van der Waals surface area contributed by atoms with Gasteiger partial charge in [0, 0.05) is 47.6 Å². The van der Waals surface area contributed by atoms with Crippen LogP contribution in [0.3, 0.4) is 0 Å². The minimum atomic E-state index is -0.439. The van der Waals surface area contributed by atoms with Crippen LogP contribution in [0.25, 0.3) is 115 Å². The summed E-state index contributed by atoms with van der Waals surface area (Å²) in [5.41, 5.74) is 8.06. The number of hydrogen-bond donors (Lipinski definition) is 0. The Morgan fingerprint density at radius 3 is 1.68 bits per heavy atom. The van der Waals surface area contributed by atoms with Gasteiger partial charge < -0.3 is 4.57 Å². The Morgan fingerprint density at radius 1 is 0.355 bits per heavy atom. The van der Waals surface area contributed by atoms with E-state index in [1.807, 2.05) is 140 Å². The number of hydrogen-bond acceptors (Lipinski definition) is 4. The number of thiophene rings is 1. The van der Waals surface area contributed by atoms with Crippen molar-refractivity contribution < 1.29 is 13.7 Å². The van der Waals surface area contributed by atoms with E-state index in [1.54, 1.807) is 6.07 Å². The summed E-state index contributed by atoms with van der Waals surface area (Å²) in [6.07, 6.45) is 0. The van der Waals surface area contributed by atoms with Crippen molar-refractivity contribution >= 4 is 53.3 Å². The molecule has 0 aliphatic carbocycles. The molecule has 9 aromatic carbocycles. The molecule has 12 aromatic rings. The zero-order valence-corrected chi connectivity index (χ0v) is 33.5. The number of para-hydroxylation sites is 2. The molecule has 0 spiro atoms. The molecule has 0 aliphatic rings. The predicted molar refractivity (Wildman–Crippen MR) is 260 cm³/mol. The van der Waals surface area contributed by atoms with Gasteiger partial charge in [-0.05, 0) is 69.8 Å². The largest absolute Gasteiger partial charge is 0.309 e. The van der Waals surface area contributed by atoms with Gasteiger partial charge in [0.15, 0.2) is 17.5 Å². The van der Waals surface area contributed by atoms with E-state index in [-0.39, 0.29) is 59.5 Å². The highest BCUT2D eigenvalue weighted by Gasteiger charge is 2.20. The van der Waals surface area contributed by atoms with Crippen LogP contribution in [-0.4, -0.2) is 19.5 Å². The molecule has 3 aromatic heterocycles. The summed E-state index contributed by atoms with van der Waals surface area (Å²) in [4.78, 5) is 15.5. The zero-order valence-electron chi connectivity index (χ0n) is 42.7. The van der Waals surface area contributed by atoms with Crippen LogP contribution in [0.1, 0.15) is 13.7 Å². The molecule has 0 N–H and O–H groups in total. The molecule has 4 nitrogen and oxygen atoms in total. The van der Waals surface area contributed by atoms with Crippen molar-refractivity contribution in [3.63, 3.8) is 0 Å². The average Bonchev–Trinajstić information content (AvgIpc) is 3.97. The highest BCUT2D eigenvalue weighted by Crippen LogP contribution is 2.44. The van der Waals surface area contributed by atoms with E-state index in [4.69, 9.17) is 28.7 Å². The highest BCUT2D eigenvalue weighted by atomic mass is 32.1. The van der Waals surface area contributed by atoms with Gasteiger partial charge in [0.2, 0.25) is 0 Å². The first-order valence-corrected chi connectivity index (χ1v) is 20.9. The van der Waals surface area contributed by atoms with Gasteiger partial charge in [0.1, 0.15) is 0 Å². The number of aromatic nitrogens is 4. The van der Waals surface area contributed by atoms with Gasteiger partial charge in [-0.3, -0.25) is 0 Å². The minimum absolute atomic E-state index is 0.136. The maximum atomic E-state index is 8.77. The molecule has 0 unspecified atom stereocenters. The molecule has 0 amide bonds. The van der Waals surface area contributed by atoms with Crippen molar-refractivity contribution in [3.05, 3.63) is 218 Å². The summed E-state index contributed by atoms with van der Waals surface area (Å²) in [5.74, 6) is 1.37. The Labute approximate surface area is 376 Å². The standard InChI is InChI=1S/C57H36N4S/c1-4-17-37(18-5-1)40-33-34-52-49(36-40)45-25-10-12-31-50(45)61(52)51-32-13-11-26-48(51)57-59-55(39-21-8-3-9-22-39)58-56(60-57)42-24-14-23-41(35-42)44-28-16-30-47-46-29-15-27-43(53(46)62-54(44)47)38-19-6-2-7-20-38/h1-36H/i1D,2D,4D,5D,6D,7D,17D,18D,19D,20D. The SMILES string of the molecule is [2H]c1c([2H])c([2H])c(-c2ccc3c(c2)c2ccccc2n3-c2ccccc2-c2nc(-c3ccccc3)nc(-c3cccc(-c4cccc5c4sc4c(-c6c([2H])c([2H])c([2H])c([2H])c6[2H])cccc45)c3)n2)c([2H])c1[2H]. The molecule has 0 fully saturated rings. The lowest BCUT2D eigenvalue weighted by Crippen LogP contribution is -2.03. The molecule has 0 saturated carbocycles. The summed E-state index contributed by atoms with van der Waals surface area (Å²) in [5, 5.41) is 3.65. The summed E-state index contributed by atoms with van der Waals surface area (Å²) in [6.45, 7) is 0. The number of fused-ring (bicyclic) bond motifs is 6. The molecule has 3 heterocycles. The first-order valence-electron chi connectivity index (χ1n) is 25.0. The van der Waals surface area contributed by atoms with Crippen molar-refractivity contribution in [2.45, 2.75) is 0 Å². The van der Waals surface area contributed by atoms with Crippen LogP contribution in [0.5, 0.6) is 0 Å². The monoisotopic (exact) mass is 818 g/mol. The summed E-state index contributed by atoms with van der Waals surface area (Å²) in [7, 11) is 0. The third-order valence-electron chi connectivity index (χ3n) is 11.2. The van der Waals surface area contributed by atoms with Gasteiger partial charge in [0.05, 0.1) is 30.4 Å². The van der Waals surface area contributed by atoms with E-state index < -0.39 is 12.1 Å². The first-order chi connectivity index (χ1) is 34.9. The molecule has 0 bridgehead atoms. The molecule has 290 valence electrons. The van der Waals surface area contributed by atoms with Gasteiger partial charge in [-0.1, -0.05) is 182 Å². The second kappa shape index (κ2) is 14.9. The second-order valence-electron chi connectivity index (χ2n) is 14.8. The van der Waals surface area contributed by atoms with Crippen LogP contribution in [-0.2, 0) is 0 Å². The van der Waals surface area contributed by atoms with E-state index in [2.05, 4.69) is 16.7 Å². The zero-order chi connectivity index (χ0) is 49.7. The average molecular weight is 819 g/mol. The van der Waals surface area contributed by atoms with Crippen LogP contribution >= 0.6 is 11.3 Å². The quantitative estimate of drug-likeness (QED) is 0.161. The van der Waals surface area contributed by atoms with Gasteiger partial charge >= 0.3 is 0 Å². The normalized spacial score (nSPS) is 13.8. The van der Waals surface area contributed by atoms with E-state index in [0.717, 1.165) is 75.5 Å². The molecule has 0 saturated heterocycles. The fourth-order valence-corrected chi connectivity index (χ4v) is 9.79. The molecule has 62 heavy (non-hydrogen) atoms. The van der Waals surface area contributed by atoms with Crippen molar-refractivity contribution in [1.29, 1.82) is 0 Å². The predicted octanol–water partition coefficient (Wildman–Crippen LogP) is 15.3. The summed E-state index contributed by atoms with van der Waals surface area (Å²) >= 11 is 1.52. The van der Waals surface area contributed by atoms with Crippen molar-refractivity contribution in [2.24, 2.45) is 0 Å². The Hall–Kier alpha value is -7.99. The lowest BCUT2D eigenvalue weighted by molar-refractivity contribution is 1.06. The van der Waals surface area contributed by atoms with Crippen LogP contribution in [0.4, 0.5) is 0 Å². The number of nitrogens with zero attached hydrogens (tertiary/aromatic N) is 4. The topological polar surface area (TPSA) is 43.6 Å². The fourth-order valence-electron chi connectivity index (χ4n) is 8.44. The second-order valence-corrected chi connectivity index (χ2v) is 15.8.